The summed E-state index contributed by atoms with van der Waals surface area (Å²) < 4.78 is 4.92. The molecular weight excluding hydrogens is 292 g/mol. The van der Waals surface area contributed by atoms with Crippen molar-refractivity contribution in [2.24, 2.45) is 0 Å². The molecule has 21 heavy (non-hydrogen) atoms. The first-order valence-electron chi connectivity index (χ1n) is 6.29. The second-order valence-corrected chi connectivity index (χ2v) is 5.60. The molecule has 3 amide bonds. The third-order valence-corrected chi connectivity index (χ3v) is 3.91. The maximum absolute atomic E-state index is 12.1. The minimum absolute atomic E-state index is 0.141. The lowest BCUT2D eigenvalue weighted by atomic mass is 10.0. The van der Waals surface area contributed by atoms with Gasteiger partial charge < -0.3 is 10.1 Å². The van der Waals surface area contributed by atoms with Crippen molar-refractivity contribution >= 4 is 23.5 Å². The Labute approximate surface area is 125 Å². The van der Waals surface area contributed by atoms with E-state index in [0.717, 1.165) is 9.91 Å². The van der Waals surface area contributed by atoms with E-state index in [4.69, 9.17) is 4.74 Å². The van der Waals surface area contributed by atoms with Gasteiger partial charge in [0.1, 0.15) is 6.04 Å². The highest BCUT2D eigenvalue weighted by molar-refractivity contribution is 7.11. The van der Waals surface area contributed by atoms with Crippen molar-refractivity contribution in [1.82, 2.24) is 15.2 Å². The van der Waals surface area contributed by atoms with Crippen LogP contribution in [0.2, 0.25) is 0 Å². The number of nitrogens with zero attached hydrogens (tertiary/aromatic N) is 3. The number of allylic oxidation sites excluding steroid dienone is 1. The second kappa shape index (κ2) is 5.93. The Morgan fingerprint density at radius 3 is 2.86 bits per heavy atom. The summed E-state index contributed by atoms with van der Waals surface area (Å²) in [5, 5.41) is 12.7. The largest absolute Gasteiger partial charge is 0.449 e. The van der Waals surface area contributed by atoms with Crippen LogP contribution in [0.5, 0.6) is 0 Å². The number of nitrogens with one attached hydrogen (secondary N) is 1. The zero-order valence-corrected chi connectivity index (χ0v) is 12.7. The molecule has 0 aromatic carbocycles. The molecular formula is C13H14N4O3S. The predicted molar refractivity (Wildman–Crippen MR) is 75.3 cm³/mol. The molecule has 0 fully saturated rings. The molecule has 1 aliphatic heterocycles. The second-order valence-electron chi connectivity index (χ2n) is 4.33. The number of aryl methyl sites for hydroxylation is 1. The quantitative estimate of drug-likeness (QED) is 0.905. The number of hydrogen-bond donors (Lipinski definition) is 1. The molecule has 2 heterocycles. The van der Waals surface area contributed by atoms with Crippen LogP contribution in [0.1, 0.15) is 29.8 Å². The number of rotatable bonds is 2. The minimum Gasteiger partial charge on any atom is -0.449 e. The van der Waals surface area contributed by atoms with Crippen molar-refractivity contribution in [3.05, 3.63) is 27.4 Å². The molecule has 0 radical (unpaired) electrons. The van der Waals surface area contributed by atoms with Gasteiger partial charge in [-0.1, -0.05) is 0 Å². The maximum atomic E-state index is 12.1. The number of urea groups is 1. The van der Waals surface area contributed by atoms with Crippen LogP contribution in [0.3, 0.4) is 0 Å². The van der Waals surface area contributed by atoms with E-state index in [1.54, 1.807) is 20.0 Å². The van der Waals surface area contributed by atoms with Gasteiger partial charge in [0.05, 0.1) is 28.1 Å². The number of thiazole rings is 1. The van der Waals surface area contributed by atoms with E-state index in [1.165, 1.54) is 11.3 Å². The topological polar surface area (TPSA) is 95.3 Å². The highest BCUT2D eigenvalue weighted by Crippen LogP contribution is 2.36. The standard InChI is InChI=1S/C13H14N4O3S/c1-4-20-13(19)17-11(10-6-15-8(3)21-10)9(5-14)7(2)16-12(17)18/h6,11H,4H2,1-3H3,(H,16,18). The first-order valence-corrected chi connectivity index (χ1v) is 7.11. The van der Waals surface area contributed by atoms with Gasteiger partial charge >= 0.3 is 12.1 Å². The predicted octanol–water partition coefficient (Wildman–Crippen LogP) is 2.47. The van der Waals surface area contributed by atoms with Crippen molar-refractivity contribution in [2.45, 2.75) is 26.8 Å². The number of hydrogen-bond acceptors (Lipinski definition) is 6. The summed E-state index contributed by atoms with van der Waals surface area (Å²) in [6.45, 7) is 5.23. The molecule has 1 N–H and O–H groups in total. The van der Waals surface area contributed by atoms with Gasteiger partial charge in [-0.05, 0) is 20.8 Å². The first-order chi connectivity index (χ1) is 9.99. The molecule has 1 aliphatic rings. The monoisotopic (exact) mass is 306 g/mol. The summed E-state index contributed by atoms with van der Waals surface area (Å²) in [6, 6.07) is 0.646. The number of aromatic nitrogens is 1. The molecule has 0 saturated heterocycles. The molecule has 8 heteroatoms. The number of imide groups is 1. The van der Waals surface area contributed by atoms with E-state index in [9.17, 15) is 14.9 Å². The molecule has 0 bridgehead atoms. The number of carbonyl (C=O) groups excluding carboxylic acids is 2. The van der Waals surface area contributed by atoms with Crippen LogP contribution in [0.15, 0.2) is 17.5 Å². The molecule has 7 nitrogen and oxygen atoms in total. The van der Waals surface area contributed by atoms with Gasteiger partial charge in [0, 0.05) is 11.9 Å². The van der Waals surface area contributed by atoms with Gasteiger partial charge in [0.15, 0.2) is 0 Å². The van der Waals surface area contributed by atoms with Gasteiger partial charge in [-0.15, -0.1) is 11.3 Å². The lowest BCUT2D eigenvalue weighted by Gasteiger charge is -2.32. The third kappa shape index (κ3) is 2.73. The van der Waals surface area contributed by atoms with Gasteiger partial charge in [0.2, 0.25) is 0 Å². The fourth-order valence-corrected chi connectivity index (χ4v) is 2.93. The summed E-state index contributed by atoms with van der Waals surface area (Å²) in [6.07, 6.45) is 0.784. The van der Waals surface area contributed by atoms with Crippen molar-refractivity contribution in [2.75, 3.05) is 6.61 Å². The van der Waals surface area contributed by atoms with Gasteiger partial charge in [0.25, 0.3) is 0 Å². The fourth-order valence-electron chi connectivity index (χ4n) is 2.04. The van der Waals surface area contributed by atoms with Crippen molar-refractivity contribution in [1.29, 1.82) is 5.26 Å². The van der Waals surface area contributed by atoms with E-state index >= 15 is 0 Å². The molecule has 0 spiro atoms. The van der Waals surface area contributed by atoms with Crippen LogP contribution >= 0.6 is 11.3 Å². The fraction of sp³-hybridized carbons (Fsp3) is 0.385. The lowest BCUT2D eigenvalue weighted by Crippen LogP contribution is -2.49. The number of amides is 3. The summed E-state index contributed by atoms with van der Waals surface area (Å²) in [5.74, 6) is 0. The molecule has 1 aromatic heterocycles. The zero-order valence-electron chi connectivity index (χ0n) is 11.8. The van der Waals surface area contributed by atoms with E-state index in [1.807, 2.05) is 6.92 Å². The van der Waals surface area contributed by atoms with Gasteiger partial charge in [-0.2, -0.15) is 5.26 Å². The first kappa shape index (κ1) is 15.0. The Morgan fingerprint density at radius 1 is 1.62 bits per heavy atom. The van der Waals surface area contributed by atoms with E-state index in [0.29, 0.717) is 16.1 Å². The van der Waals surface area contributed by atoms with E-state index < -0.39 is 18.2 Å². The zero-order chi connectivity index (χ0) is 15.6. The Kier molecular flexibility index (Phi) is 4.23. The average molecular weight is 306 g/mol. The summed E-state index contributed by atoms with van der Waals surface area (Å²) in [7, 11) is 0. The van der Waals surface area contributed by atoms with Crippen LogP contribution in [-0.2, 0) is 4.74 Å². The van der Waals surface area contributed by atoms with Gasteiger partial charge in [-0.3, -0.25) is 0 Å². The third-order valence-electron chi connectivity index (χ3n) is 2.94. The Hall–Kier alpha value is -2.40. The molecule has 2 rings (SSSR count). The molecule has 1 aromatic rings. The van der Waals surface area contributed by atoms with Crippen LogP contribution in [0, 0.1) is 18.3 Å². The lowest BCUT2D eigenvalue weighted by molar-refractivity contribution is 0.104. The average Bonchev–Trinajstić information content (AvgIpc) is 2.84. The molecule has 1 unspecified atom stereocenters. The molecule has 1 atom stereocenters. The molecule has 0 aliphatic carbocycles. The Balaban J connectivity index is 2.54. The highest BCUT2D eigenvalue weighted by Gasteiger charge is 2.40. The number of carbonyl (C=O) groups is 2. The molecule has 0 saturated carbocycles. The summed E-state index contributed by atoms with van der Waals surface area (Å²) >= 11 is 1.33. The van der Waals surface area contributed by atoms with Gasteiger partial charge in [-0.25, -0.2) is 19.5 Å². The van der Waals surface area contributed by atoms with Crippen molar-refractivity contribution in [3.63, 3.8) is 0 Å². The number of ether oxygens (including phenoxy) is 1. The van der Waals surface area contributed by atoms with E-state index in [2.05, 4.69) is 16.4 Å². The normalized spacial score (nSPS) is 18.3. The Morgan fingerprint density at radius 2 is 2.33 bits per heavy atom. The summed E-state index contributed by atoms with van der Waals surface area (Å²) in [5.41, 5.74) is 0.727. The van der Waals surface area contributed by atoms with Crippen LogP contribution in [-0.4, -0.2) is 28.6 Å². The van der Waals surface area contributed by atoms with Crippen LogP contribution in [0.25, 0.3) is 0 Å². The van der Waals surface area contributed by atoms with Crippen LogP contribution < -0.4 is 5.32 Å². The SMILES string of the molecule is CCOC(=O)N1C(=O)NC(C)=C(C#N)C1c1cnc(C)s1. The maximum Gasteiger partial charge on any atom is 0.418 e. The summed E-state index contributed by atoms with van der Waals surface area (Å²) in [4.78, 5) is 29.9. The smallest absolute Gasteiger partial charge is 0.418 e. The molecule has 110 valence electrons. The minimum atomic E-state index is -0.797. The Bertz CT molecular complexity index is 659. The van der Waals surface area contributed by atoms with Crippen molar-refractivity contribution < 1.29 is 14.3 Å². The van der Waals surface area contributed by atoms with E-state index in [-0.39, 0.29) is 6.61 Å². The highest BCUT2D eigenvalue weighted by atomic mass is 32.1. The van der Waals surface area contributed by atoms with Crippen LogP contribution in [0.4, 0.5) is 9.59 Å². The van der Waals surface area contributed by atoms with Crippen molar-refractivity contribution in [3.8, 4) is 6.07 Å². The number of nitriles is 1.